The molecule has 0 spiro atoms. The van der Waals surface area contributed by atoms with Gasteiger partial charge in [-0.25, -0.2) is 0 Å². The highest BCUT2D eigenvalue weighted by Crippen LogP contribution is 2.14. The quantitative estimate of drug-likeness (QED) is 0.585. The van der Waals surface area contributed by atoms with E-state index >= 15 is 0 Å². The van der Waals surface area contributed by atoms with Crippen molar-refractivity contribution in [3.8, 4) is 0 Å². The second-order valence-electron chi connectivity index (χ2n) is 3.87. The summed E-state index contributed by atoms with van der Waals surface area (Å²) in [4.78, 5) is 14.6. The molecule has 0 saturated carbocycles. The molecular weight excluding hydrogens is 204 g/mol. The van der Waals surface area contributed by atoms with Gasteiger partial charge in [-0.05, 0) is 17.7 Å². The van der Waals surface area contributed by atoms with Gasteiger partial charge in [-0.15, -0.1) is 0 Å². The first kappa shape index (κ1) is 10.5. The summed E-state index contributed by atoms with van der Waals surface area (Å²) in [5.41, 5.74) is 1.82. The second-order valence-corrected chi connectivity index (χ2v) is 3.87. The number of benzene rings is 1. The first-order valence-corrected chi connectivity index (χ1v) is 5.14. The van der Waals surface area contributed by atoms with Crippen molar-refractivity contribution >= 4 is 10.9 Å². The van der Waals surface area contributed by atoms with Crippen LogP contribution in [0.15, 0.2) is 36.5 Å². The van der Waals surface area contributed by atoms with Crippen LogP contribution in [0.1, 0.15) is 12.5 Å². The fraction of sp³-hybridized carbons (Fsp3) is 0.250. The van der Waals surface area contributed by atoms with Crippen molar-refractivity contribution < 1.29 is 4.92 Å². The van der Waals surface area contributed by atoms with Crippen LogP contribution in [0.4, 0.5) is 0 Å². The highest BCUT2D eigenvalue weighted by molar-refractivity contribution is 5.78. The summed E-state index contributed by atoms with van der Waals surface area (Å²) < 4.78 is 0. The molecule has 0 aliphatic rings. The first-order valence-electron chi connectivity index (χ1n) is 5.14. The van der Waals surface area contributed by atoms with Gasteiger partial charge >= 0.3 is 0 Å². The highest BCUT2D eigenvalue weighted by atomic mass is 16.6. The maximum atomic E-state index is 10.6. The van der Waals surface area contributed by atoms with Crippen LogP contribution in [-0.2, 0) is 6.42 Å². The third-order valence-electron chi connectivity index (χ3n) is 2.54. The molecule has 1 heterocycles. The Balaban J connectivity index is 2.29. The van der Waals surface area contributed by atoms with Gasteiger partial charge in [0, 0.05) is 29.9 Å². The Bertz CT molecular complexity index is 525. The molecule has 1 aromatic heterocycles. The molecule has 4 nitrogen and oxygen atoms in total. The minimum absolute atomic E-state index is 0.269. The van der Waals surface area contributed by atoms with Crippen LogP contribution in [0, 0.1) is 10.1 Å². The first-order chi connectivity index (χ1) is 7.66. The van der Waals surface area contributed by atoms with E-state index in [1.54, 1.807) is 13.1 Å². The highest BCUT2D eigenvalue weighted by Gasteiger charge is 2.13. The molecule has 1 aromatic carbocycles. The van der Waals surface area contributed by atoms with E-state index in [0.29, 0.717) is 6.42 Å². The second kappa shape index (κ2) is 4.26. The third-order valence-corrected chi connectivity index (χ3v) is 2.54. The molecule has 0 fully saturated rings. The number of aromatic nitrogens is 1. The maximum absolute atomic E-state index is 10.6. The standard InChI is InChI=1S/C12H12N2O2/c1-9(14(15)16)6-10-7-11-4-2-3-5-12(11)13-8-10/h2-5,7-9H,6H2,1H3. The molecule has 0 N–H and O–H groups in total. The molecule has 0 aliphatic heterocycles. The summed E-state index contributed by atoms with van der Waals surface area (Å²) in [5, 5.41) is 11.6. The van der Waals surface area contributed by atoms with E-state index in [9.17, 15) is 10.1 Å². The smallest absolute Gasteiger partial charge is 0.214 e. The fourth-order valence-corrected chi connectivity index (χ4v) is 1.64. The fourth-order valence-electron chi connectivity index (χ4n) is 1.64. The summed E-state index contributed by atoms with van der Waals surface area (Å²) in [5.74, 6) is 0. The van der Waals surface area contributed by atoms with Gasteiger partial charge in [0.2, 0.25) is 6.04 Å². The number of nitro groups is 1. The van der Waals surface area contributed by atoms with Crippen molar-refractivity contribution in [3.63, 3.8) is 0 Å². The number of hydrogen-bond donors (Lipinski definition) is 0. The maximum Gasteiger partial charge on any atom is 0.214 e. The molecule has 0 aliphatic carbocycles. The zero-order valence-electron chi connectivity index (χ0n) is 8.96. The molecule has 1 atom stereocenters. The molecule has 0 bridgehead atoms. The zero-order valence-corrected chi connectivity index (χ0v) is 8.96. The van der Waals surface area contributed by atoms with E-state index in [1.807, 2.05) is 30.3 Å². The molecular formula is C12H12N2O2. The summed E-state index contributed by atoms with van der Waals surface area (Å²) in [7, 11) is 0. The largest absolute Gasteiger partial charge is 0.264 e. The van der Waals surface area contributed by atoms with Crippen LogP contribution in [0.2, 0.25) is 0 Å². The molecule has 1 unspecified atom stereocenters. The van der Waals surface area contributed by atoms with Crippen molar-refractivity contribution in [3.05, 3.63) is 52.2 Å². The Morgan fingerprint density at radius 3 is 2.94 bits per heavy atom. The number of rotatable bonds is 3. The lowest BCUT2D eigenvalue weighted by molar-refractivity contribution is -0.517. The Morgan fingerprint density at radius 2 is 2.19 bits per heavy atom. The lowest BCUT2D eigenvalue weighted by Gasteiger charge is -2.04. The minimum atomic E-state index is -0.567. The van der Waals surface area contributed by atoms with Gasteiger partial charge in [0.25, 0.3) is 0 Å². The third kappa shape index (κ3) is 2.16. The van der Waals surface area contributed by atoms with Crippen LogP contribution in [0.3, 0.4) is 0 Å². The lowest BCUT2D eigenvalue weighted by atomic mass is 10.1. The van der Waals surface area contributed by atoms with E-state index < -0.39 is 6.04 Å². The predicted molar refractivity (Wildman–Crippen MR) is 61.9 cm³/mol. The van der Waals surface area contributed by atoms with Crippen molar-refractivity contribution in [2.75, 3.05) is 0 Å². The van der Waals surface area contributed by atoms with Gasteiger partial charge in [-0.3, -0.25) is 15.1 Å². The van der Waals surface area contributed by atoms with Crippen molar-refractivity contribution in [1.29, 1.82) is 0 Å². The van der Waals surface area contributed by atoms with Crippen LogP contribution >= 0.6 is 0 Å². The van der Waals surface area contributed by atoms with E-state index in [4.69, 9.17) is 0 Å². The summed E-state index contributed by atoms with van der Waals surface area (Å²) in [6, 6.07) is 9.14. The van der Waals surface area contributed by atoms with E-state index in [2.05, 4.69) is 4.98 Å². The van der Waals surface area contributed by atoms with E-state index in [-0.39, 0.29) is 4.92 Å². The van der Waals surface area contributed by atoms with Crippen LogP contribution in [-0.4, -0.2) is 15.9 Å². The Morgan fingerprint density at radius 1 is 1.44 bits per heavy atom. The average Bonchev–Trinajstić information content (AvgIpc) is 2.28. The Hall–Kier alpha value is -1.97. The summed E-state index contributed by atoms with van der Waals surface area (Å²) >= 11 is 0. The van der Waals surface area contributed by atoms with Gasteiger partial charge in [-0.1, -0.05) is 18.2 Å². The number of fused-ring (bicyclic) bond motifs is 1. The number of para-hydroxylation sites is 1. The van der Waals surface area contributed by atoms with Gasteiger partial charge in [-0.2, -0.15) is 0 Å². The van der Waals surface area contributed by atoms with Crippen LogP contribution in [0.25, 0.3) is 10.9 Å². The molecule has 2 aromatic rings. The molecule has 16 heavy (non-hydrogen) atoms. The van der Waals surface area contributed by atoms with Gasteiger partial charge in [0.05, 0.1) is 5.52 Å². The Labute approximate surface area is 93.1 Å². The van der Waals surface area contributed by atoms with Crippen LogP contribution in [0.5, 0.6) is 0 Å². The Kier molecular flexibility index (Phi) is 2.81. The molecule has 0 saturated heterocycles. The summed E-state index contributed by atoms with van der Waals surface area (Å²) in [6.45, 7) is 1.61. The summed E-state index contributed by atoms with van der Waals surface area (Å²) in [6.07, 6.45) is 2.13. The van der Waals surface area contributed by atoms with Crippen molar-refractivity contribution in [2.45, 2.75) is 19.4 Å². The van der Waals surface area contributed by atoms with Crippen molar-refractivity contribution in [2.24, 2.45) is 0 Å². The predicted octanol–water partition coefficient (Wildman–Crippen LogP) is 2.44. The minimum Gasteiger partial charge on any atom is -0.264 e. The number of nitrogens with zero attached hydrogens (tertiary/aromatic N) is 2. The van der Waals surface area contributed by atoms with E-state index in [0.717, 1.165) is 16.5 Å². The molecule has 4 heteroatoms. The average molecular weight is 216 g/mol. The molecule has 0 radical (unpaired) electrons. The van der Waals surface area contributed by atoms with E-state index in [1.165, 1.54) is 0 Å². The topological polar surface area (TPSA) is 56.0 Å². The monoisotopic (exact) mass is 216 g/mol. The normalized spacial score (nSPS) is 12.6. The zero-order chi connectivity index (χ0) is 11.5. The van der Waals surface area contributed by atoms with Gasteiger partial charge in [0.1, 0.15) is 0 Å². The van der Waals surface area contributed by atoms with Gasteiger partial charge in [0.15, 0.2) is 0 Å². The lowest BCUT2D eigenvalue weighted by Crippen LogP contribution is -2.17. The van der Waals surface area contributed by atoms with Gasteiger partial charge < -0.3 is 0 Å². The molecule has 82 valence electrons. The van der Waals surface area contributed by atoms with Crippen molar-refractivity contribution in [1.82, 2.24) is 4.98 Å². The number of hydrogen-bond acceptors (Lipinski definition) is 3. The SMILES string of the molecule is CC(Cc1cnc2ccccc2c1)[N+](=O)[O-]. The van der Waals surface area contributed by atoms with Crippen LogP contribution < -0.4 is 0 Å². The molecule has 0 amide bonds. The molecule has 2 rings (SSSR count). The number of pyridine rings is 1.